The molecule has 1 amide bonds. The van der Waals surface area contributed by atoms with E-state index < -0.39 is 0 Å². The number of likely N-dealkylation sites (tertiary alicyclic amines) is 1. The Labute approximate surface area is 159 Å². The molecular formula is C20H16N4O2S. The van der Waals surface area contributed by atoms with Gasteiger partial charge in [-0.05, 0) is 48.2 Å². The molecule has 6 nitrogen and oxygen atoms in total. The molecule has 5 rings (SSSR count). The zero-order valence-corrected chi connectivity index (χ0v) is 15.3. The van der Waals surface area contributed by atoms with Gasteiger partial charge in [-0.25, -0.2) is 4.98 Å². The van der Waals surface area contributed by atoms with Crippen LogP contribution in [0.25, 0.3) is 32.8 Å². The van der Waals surface area contributed by atoms with Gasteiger partial charge in [0, 0.05) is 25.5 Å². The molecule has 0 atom stereocenters. The first-order chi connectivity index (χ1) is 13.3. The number of aromatic nitrogens is 3. The fourth-order valence-electron chi connectivity index (χ4n) is 3.37. The number of carbonyl (C=O) groups is 1. The van der Waals surface area contributed by atoms with Crippen LogP contribution in [0.1, 0.15) is 22.5 Å². The summed E-state index contributed by atoms with van der Waals surface area (Å²) in [6.07, 6.45) is 7.32. The van der Waals surface area contributed by atoms with Crippen LogP contribution in [0, 0.1) is 0 Å². The molecule has 1 aromatic carbocycles. The lowest BCUT2D eigenvalue weighted by atomic mass is 10.1. The van der Waals surface area contributed by atoms with Crippen molar-refractivity contribution in [2.75, 3.05) is 13.1 Å². The van der Waals surface area contributed by atoms with Crippen LogP contribution in [0.3, 0.4) is 0 Å². The zero-order chi connectivity index (χ0) is 18.2. The van der Waals surface area contributed by atoms with Crippen LogP contribution < -0.4 is 0 Å². The molecule has 0 saturated carbocycles. The Morgan fingerprint density at radius 1 is 1.07 bits per heavy atom. The van der Waals surface area contributed by atoms with Gasteiger partial charge in [-0.2, -0.15) is 0 Å². The van der Waals surface area contributed by atoms with Crippen molar-refractivity contribution in [3.8, 4) is 21.8 Å². The molecule has 0 aliphatic carbocycles. The summed E-state index contributed by atoms with van der Waals surface area (Å²) in [5.41, 5.74) is 3.48. The monoisotopic (exact) mass is 376 g/mol. The van der Waals surface area contributed by atoms with E-state index in [1.165, 1.54) is 11.3 Å². The molecule has 1 saturated heterocycles. The van der Waals surface area contributed by atoms with Crippen molar-refractivity contribution in [2.24, 2.45) is 0 Å². The molecule has 27 heavy (non-hydrogen) atoms. The second-order valence-electron chi connectivity index (χ2n) is 6.51. The van der Waals surface area contributed by atoms with Crippen LogP contribution >= 0.6 is 11.3 Å². The first-order valence-corrected chi connectivity index (χ1v) is 9.66. The molecule has 4 heterocycles. The molecular weight excluding hydrogens is 360 g/mol. The maximum atomic E-state index is 12.5. The lowest BCUT2D eigenvalue weighted by Gasteiger charge is -2.12. The van der Waals surface area contributed by atoms with Gasteiger partial charge in [-0.15, -0.1) is 11.3 Å². The third kappa shape index (κ3) is 2.90. The van der Waals surface area contributed by atoms with Gasteiger partial charge in [0.05, 0.1) is 11.6 Å². The molecule has 134 valence electrons. The van der Waals surface area contributed by atoms with E-state index >= 15 is 0 Å². The van der Waals surface area contributed by atoms with Crippen LogP contribution in [-0.2, 0) is 0 Å². The number of hydrogen-bond donors (Lipinski definition) is 0. The Hall–Kier alpha value is -3.06. The average Bonchev–Trinajstić information content (AvgIpc) is 3.47. The van der Waals surface area contributed by atoms with Crippen molar-refractivity contribution >= 4 is 28.2 Å². The van der Waals surface area contributed by atoms with E-state index in [1.54, 1.807) is 18.6 Å². The van der Waals surface area contributed by atoms with E-state index in [4.69, 9.17) is 4.52 Å². The molecule has 1 aliphatic heterocycles. The smallest absolute Gasteiger partial charge is 0.265 e. The van der Waals surface area contributed by atoms with Crippen LogP contribution in [0.5, 0.6) is 0 Å². The minimum Gasteiger partial charge on any atom is -0.356 e. The second kappa shape index (κ2) is 6.59. The molecule has 0 unspecified atom stereocenters. The largest absolute Gasteiger partial charge is 0.356 e. The van der Waals surface area contributed by atoms with Crippen molar-refractivity contribution in [3.63, 3.8) is 0 Å². The Kier molecular flexibility index (Phi) is 3.94. The second-order valence-corrected chi connectivity index (χ2v) is 7.54. The van der Waals surface area contributed by atoms with E-state index in [9.17, 15) is 4.79 Å². The Morgan fingerprint density at radius 3 is 2.70 bits per heavy atom. The number of benzene rings is 1. The number of fused-ring (bicyclic) bond motifs is 1. The summed E-state index contributed by atoms with van der Waals surface area (Å²) < 4.78 is 5.54. The van der Waals surface area contributed by atoms with E-state index in [0.29, 0.717) is 21.2 Å². The summed E-state index contributed by atoms with van der Waals surface area (Å²) in [5.74, 6) is 0.0593. The van der Waals surface area contributed by atoms with Crippen LogP contribution in [0.4, 0.5) is 0 Å². The highest BCUT2D eigenvalue weighted by molar-refractivity contribution is 7.17. The SMILES string of the molecule is O=C(c1cnc(-c2noc3cc(-c4ccncc4)ccc23)s1)N1CCCC1. The van der Waals surface area contributed by atoms with E-state index in [-0.39, 0.29) is 5.91 Å². The standard InChI is InChI=1S/C20H16N4O2S/c25-20(24-9-1-2-10-24)17-12-22-19(27-17)18-15-4-3-14(11-16(15)26-23-18)13-5-7-21-8-6-13/h3-8,11-12H,1-2,9-10H2. The van der Waals surface area contributed by atoms with E-state index in [0.717, 1.165) is 42.4 Å². The minimum atomic E-state index is 0.0593. The Balaban J connectivity index is 1.48. The summed E-state index contributed by atoms with van der Waals surface area (Å²) >= 11 is 1.37. The number of rotatable bonds is 3. The molecule has 0 bridgehead atoms. The first-order valence-electron chi connectivity index (χ1n) is 8.85. The molecule has 0 radical (unpaired) electrons. The van der Waals surface area contributed by atoms with Gasteiger partial charge in [0.2, 0.25) is 0 Å². The fraction of sp³-hybridized carbons (Fsp3) is 0.200. The van der Waals surface area contributed by atoms with Crippen molar-refractivity contribution in [3.05, 3.63) is 53.8 Å². The highest BCUT2D eigenvalue weighted by Crippen LogP contribution is 2.33. The zero-order valence-electron chi connectivity index (χ0n) is 14.5. The summed E-state index contributed by atoms with van der Waals surface area (Å²) in [7, 11) is 0. The van der Waals surface area contributed by atoms with E-state index in [2.05, 4.69) is 15.1 Å². The average molecular weight is 376 g/mol. The van der Waals surface area contributed by atoms with Crippen LogP contribution in [0.2, 0.25) is 0 Å². The molecule has 4 aromatic rings. The molecule has 1 aliphatic rings. The molecule has 3 aromatic heterocycles. The maximum absolute atomic E-state index is 12.5. The highest BCUT2D eigenvalue weighted by atomic mass is 32.1. The van der Waals surface area contributed by atoms with Gasteiger partial charge in [0.1, 0.15) is 15.6 Å². The maximum Gasteiger partial charge on any atom is 0.265 e. The Bertz CT molecular complexity index is 1110. The quantitative estimate of drug-likeness (QED) is 0.534. The van der Waals surface area contributed by atoms with Crippen molar-refractivity contribution in [2.45, 2.75) is 12.8 Å². The molecule has 7 heteroatoms. The predicted molar refractivity (Wildman–Crippen MR) is 103 cm³/mol. The Morgan fingerprint density at radius 2 is 1.89 bits per heavy atom. The van der Waals surface area contributed by atoms with Gasteiger partial charge in [0.15, 0.2) is 5.58 Å². The summed E-state index contributed by atoms with van der Waals surface area (Å²) in [6, 6.07) is 9.89. The number of hydrogen-bond acceptors (Lipinski definition) is 6. The number of nitrogens with zero attached hydrogens (tertiary/aromatic N) is 4. The van der Waals surface area contributed by atoms with Crippen molar-refractivity contribution in [1.82, 2.24) is 20.0 Å². The molecule has 0 spiro atoms. The lowest BCUT2D eigenvalue weighted by molar-refractivity contribution is 0.0797. The van der Waals surface area contributed by atoms with E-state index in [1.807, 2.05) is 35.2 Å². The number of pyridine rings is 1. The highest BCUT2D eigenvalue weighted by Gasteiger charge is 2.23. The summed E-state index contributed by atoms with van der Waals surface area (Å²) in [4.78, 5) is 23.6. The van der Waals surface area contributed by atoms with Gasteiger partial charge in [0.25, 0.3) is 5.91 Å². The predicted octanol–water partition coefficient (Wildman–Crippen LogP) is 4.25. The molecule has 1 fully saturated rings. The fourth-order valence-corrected chi connectivity index (χ4v) is 4.25. The van der Waals surface area contributed by atoms with Gasteiger partial charge < -0.3 is 9.42 Å². The van der Waals surface area contributed by atoms with Crippen LogP contribution in [0.15, 0.2) is 53.4 Å². The normalized spacial score (nSPS) is 14.1. The van der Waals surface area contributed by atoms with Crippen molar-refractivity contribution < 1.29 is 9.32 Å². The van der Waals surface area contributed by atoms with Crippen LogP contribution in [-0.4, -0.2) is 39.0 Å². The molecule has 0 N–H and O–H groups in total. The lowest BCUT2D eigenvalue weighted by Crippen LogP contribution is -2.26. The van der Waals surface area contributed by atoms with Gasteiger partial charge in [-0.3, -0.25) is 9.78 Å². The summed E-state index contributed by atoms with van der Waals surface area (Å²) in [5, 5.41) is 5.80. The van der Waals surface area contributed by atoms with Gasteiger partial charge >= 0.3 is 0 Å². The minimum absolute atomic E-state index is 0.0593. The number of amides is 1. The number of thiazole rings is 1. The third-order valence-electron chi connectivity index (χ3n) is 4.80. The number of carbonyl (C=O) groups excluding carboxylic acids is 1. The van der Waals surface area contributed by atoms with Gasteiger partial charge in [-0.1, -0.05) is 11.2 Å². The first kappa shape index (κ1) is 16.1. The topological polar surface area (TPSA) is 72.1 Å². The van der Waals surface area contributed by atoms with Crippen molar-refractivity contribution in [1.29, 1.82) is 0 Å². The summed E-state index contributed by atoms with van der Waals surface area (Å²) in [6.45, 7) is 1.66. The third-order valence-corrected chi connectivity index (χ3v) is 5.79.